The monoisotopic (exact) mass is 223 g/mol. The Hall–Kier alpha value is -1.50. The van der Waals surface area contributed by atoms with E-state index >= 15 is 0 Å². The number of likely N-dealkylation sites (tertiary alicyclic amines) is 1. The van der Waals surface area contributed by atoms with Crippen LogP contribution < -0.4 is 0 Å². The molecule has 1 rings (SSSR count). The summed E-state index contributed by atoms with van der Waals surface area (Å²) in [6.07, 6.45) is 7.78. The van der Waals surface area contributed by atoms with Gasteiger partial charge >= 0.3 is 5.97 Å². The van der Waals surface area contributed by atoms with E-state index in [9.17, 15) is 14.7 Å². The fourth-order valence-corrected chi connectivity index (χ4v) is 2.36. The van der Waals surface area contributed by atoms with Gasteiger partial charge in [-0.25, -0.2) is 0 Å². The zero-order valence-corrected chi connectivity index (χ0v) is 9.53. The van der Waals surface area contributed by atoms with Crippen molar-refractivity contribution < 1.29 is 14.7 Å². The van der Waals surface area contributed by atoms with Gasteiger partial charge in [0, 0.05) is 13.1 Å². The number of hydrogen-bond acceptors (Lipinski definition) is 2. The number of amides is 1. The molecule has 0 saturated carbocycles. The van der Waals surface area contributed by atoms with Crippen molar-refractivity contribution >= 4 is 11.9 Å². The van der Waals surface area contributed by atoms with Crippen LogP contribution in [0.3, 0.4) is 0 Å². The Kier molecular flexibility index (Phi) is 3.94. The third-order valence-corrected chi connectivity index (χ3v) is 3.17. The third kappa shape index (κ3) is 2.35. The van der Waals surface area contributed by atoms with Crippen molar-refractivity contribution in [3.63, 3.8) is 0 Å². The van der Waals surface area contributed by atoms with Crippen LogP contribution in [0.4, 0.5) is 0 Å². The molecule has 1 atom stereocenters. The number of nitrogens with zero attached hydrogens (tertiary/aromatic N) is 1. The van der Waals surface area contributed by atoms with Gasteiger partial charge in [0.05, 0.1) is 5.41 Å². The van der Waals surface area contributed by atoms with Gasteiger partial charge < -0.3 is 10.0 Å². The van der Waals surface area contributed by atoms with Gasteiger partial charge in [0.25, 0.3) is 5.91 Å². The van der Waals surface area contributed by atoms with Gasteiger partial charge in [0.2, 0.25) is 0 Å². The smallest absolute Gasteiger partial charge is 0.311 e. The Morgan fingerprint density at radius 3 is 2.75 bits per heavy atom. The summed E-state index contributed by atoms with van der Waals surface area (Å²) in [5.74, 6) is 0.830. The molecule has 1 fully saturated rings. The second-order valence-corrected chi connectivity index (χ2v) is 4.31. The first kappa shape index (κ1) is 12.6. The second kappa shape index (κ2) is 5.02. The predicted octanol–water partition coefficient (Wildman–Crippen LogP) is 1.11. The van der Waals surface area contributed by atoms with E-state index in [1.165, 1.54) is 4.90 Å². The first-order chi connectivity index (χ1) is 7.55. The van der Waals surface area contributed by atoms with Crippen LogP contribution in [0.1, 0.15) is 32.6 Å². The average molecular weight is 223 g/mol. The predicted molar refractivity (Wildman–Crippen MR) is 59.6 cm³/mol. The largest absolute Gasteiger partial charge is 0.481 e. The van der Waals surface area contributed by atoms with Crippen molar-refractivity contribution in [2.24, 2.45) is 5.41 Å². The van der Waals surface area contributed by atoms with Crippen LogP contribution >= 0.6 is 0 Å². The van der Waals surface area contributed by atoms with Crippen LogP contribution in [-0.2, 0) is 9.59 Å². The molecule has 0 aliphatic carbocycles. The molecule has 0 spiro atoms. The number of rotatable bonds is 3. The molecule has 1 aliphatic heterocycles. The van der Waals surface area contributed by atoms with Gasteiger partial charge in [0.1, 0.15) is 0 Å². The number of carbonyl (C=O) groups is 2. The summed E-state index contributed by atoms with van der Waals surface area (Å²) in [6, 6.07) is 0. The van der Waals surface area contributed by atoms with E-state index in [-0.39, 0.29) is 6.54 Å². The van der Waals surface area contributed by atoms with Crippen LogP contribution in [0.25, 0.3) is 0 Å². The molecule has 1 saturated heterocycles. The molecule has 0 radical (unpaired) electrons. The number of carboxylic acid groups (broad SMARTS) is 1. The summed E-state index contributed by atoms with van der Waals surface area (Å²) in [6.45, 7) is 2.77. The molecule has 1 N–H and O–H groups in total. The van der Waals surface area contributed by atoms with Crippen molar-refractivity contribution in [2.75, 3.05) is 13.1 Å². The molecule has 88 valence electrons. The fourth-order valence-electron chi connectivity index (χ4n) is 2.36. The first-order valence-corrected chi connectivity index (χ1v) is 5.54. The SMILES string of the molecule is C#CC(=O)N1CCCC(CCC)(C(=O)O)C1. The molecule has 0 aromatic rings. The van der Waals surface area contributed by atoms with Crippen molar-refractivity contribution in [1.82, 2.24) is 4.90 Å². The molecule has 16 heavy (non-hydrogen) atoms. The van der Waals surface area contributed by atoms with Crippen LogP contribution in [0.2, 0.25) is 0 Å². The van der Waals surface area contributed by atoms with E-state index in [1.807, 2.05) is 12.8 Å². The molecular formula is C12H17NO3. The van der Waals surface area contributed by atoms with Crippen LogP contribution in [0.5, 0.6) is 0 Å². The van der Waals surface area contributed by atoms with E-state index in [0.717, 1.165) is 6.42 Å². The van der Waals surface area contributed by atoms with E-state index < -0.39 is 17.3 Å². The Labute approximate surface area is 95.6 Å². The third-order valence-electron chi connectivity index (χ3n) is 3.17. The lowest BCUT2D eigenvalue weighted by Gasteiger charge is -2.39. The highest BCUT2D eigenvalue weighted by Gasteiger charge is 2.42. The summed E-state index contributed by atoms with van der Waals surface area (Å²) < 4.78 is 0. The topological polar surface area (TPSA) is 57.6 Å². The maximum absolute atomic E-state index is 11.4. The lowest BCUT2D eigenvalue weighted by Crippen LogP contribution is -2.49. The molecule has 0 aromatic carbocycles. The Morgan fingerprint density at radius 2 is 2.25 bits per heavy atom. The van der Waals surface area contributed by atoms with Crippen LogP contribution in [0, 0.1) is 17.8 Å². The minimum absolute atomic E-state index is 0.249. The van der Waals surface area contributed by atoms with E-state index in [2.05, 4.69) is 0 Å². The molecule has 0 bridgehead atoms. The van der Waals surface area contributed by atoms with Crippen LogP contribution in [0.15, 0.2) is 0 Å². The van der Waals surface area contributed by atoms with Gasteiger partial charge in [-0.2, -0.15) is 0 Å². The maximum Gasteiger partial charge on any atom is 0.311 e. The van der Waals surface area contributed by atoms with E-state index in [4.69, 9.17) is 6.42 Å². The van der Waals surface area contributed by atoms with Crippen LogP contribution in [-0.4, -0.2) is 35.0 Å². The highest BCUT2D eigenvalue weighted by molar-refractivity contribution is 5.93. The fraction of sp³-hybridized carbons (Fsp3) is 0.667. The number of carboxylic acids is 1. The number of piperidine rings is 1. The van der Waals surface area contributed by atoms with Crippen molar-refractivity contribution in [2.45, 2.75) is 32.6 Å². The quantitative estimate of drug-likeness (QED) is 0.729. The summed E-state index contributed by atoms with van der Waals surface area (Å²) in [5.41, 5.74) is -0.792. The van der Waals surface area contributed by atoms with Gasteiger partial charge in [0.15, 0.2) is 0 Å². The lowest BCUT2D eigenvalue weighted by molar-refractivity contribution is -0.154. The Morgan fingerprint density at radius 1 is 1.56 bits per heavy atom. The molecule has 1 unspecified atom stereocenters. The summed E-state index contributed by atoms with van der Waals surface area (Å²) in [7, 11) is 0. The minimum Gasteiger partial charge on any atom is -0.481 e. The average Bonchev–Trinajstić information content (AvgIpc) is 2.28. The van der Waals surface area contributed by atoms with Gasteiger partial charge in [-0.15, -0.1) is 6.42 Å². The zero-order chi connectivity index (χ0) is 12.2. The molecule has 4 heteroatoms. The lowest BCUT2D eigenvalue weighted by atomic mass is 9.76. The molecule has 1 heterocycles. The maximum atomic E-state index is 11.4. The summed E-state index contributed by atoms with van der Waals surface area (Å²) in [5, 5.41) is 9.30. The second-order valence-electron chi connectivity index (χ2n) is 4.31. The normalized spacial score (nSPS) is 24.9. The number of hydrogen-bond donors (Lipinski definition) is 1. The van der Waals surface area contributed by atoms with Gasteiger partial charge in [-0.1, -0.05) is 13.3 Å². The molecule has 0 aromatic heterocycles. The molecule has 1 aliphatic rings. The summed E-state index contributed by atoms with van der Waals surface area (Å²) >= 11 is 0. The van der Waals surface area contributed by atoms with Crippen molar-refractivity contribution in [3.05, 3.63) is 0 Å². The first-order valence-electron chi connectivity index (χ1n) is 5.54. The summed E-state index contributed by atoms with van der Waals surface area (Å²) in [4.78, 5) is 24.2. The van der Waals surface area contributed by atoms with Crippen molar-refractivity contribution in [3.8, 4) is 12.3 Å². The number of carbonyl (C=O) groups excluding carboxylic acids is 1. The standard InChI is InChI=1S/C12H17NO3/c1-3-6-12(11(15)16)7-5-8-13(9-12)10(14)4-2/h2H,3,5-9H2,1H3,(H,15,16). The molecule has 4 nitrogen and oxygen atoms in total. The highest BCUT2D eigenvalue weighted by Crippen LogP contribution is 2.34. The minimum atomic E-state index is -0.816. The van der Waals surface area contributed by atoms with E-state index in [1.54, 1.807) is 0 Å². The highest BCUT2D eigenvalue weighted by atomic mass is 16.4. The van der Waals surface area contributed by atoms with Gasteiger partial charge in [-0.05, 0) is 25.2 Å². The number of aliphatic carboxylic acids is 1. The molecule has 1 amide bonds. The molecular weight excluding hydrogens is 206 g/mol. The Balaban J connectivity index is 2.84. The number of terminal acetylenes is 1. The zero-order valence-electron chi connectivity index (χ0n) is 9.53. The van der Waals surface area contributed by atoms with Gasteiger partial charge in [-0.3, -0.25) is 9.59 Å². The Bertz CT molecular complexity index is 328. The van der Waals surface area contributed by atoms with Crippen molar-refractivity contribution in [1.29, 1.82) is 0 Å². The van der Waals surface area contributed by atoms with E-state index in [0.29, 0.717) is 25.8 Å².